The molecule has 1 amide bonds. The lowest BCUT2D eigenvalue weighted by Crippen LogP contribution is -2.42. The number of hydrogen-bond donors (Lipinski definition) is 3. The van der Waals surface area contributed by atoms with Crippen LogP contribution in [0.4, 0.5) is 0 Å². The van der Waals surface area contributed by atoms with Crippen molar-refractivity contribution >= 4 is 5.91 Å². The zero-order valence-electron chi connectivity index (χ0n) is 11.6. The molecule has 0 aromatic rings. The predicted octanol–water partition coefficient (Wildman–Crippen LogP) is 1.13. The van der Waals surface area contributed by atoms with Crippen LogP contribution in [0.1, 0.15) is 40.5 Å². The van der Waals surface area contributed by atoms with Crippen molar-refractivity contribution in [2.24, 2.45) is 23.0 Å². The van der Waals surface area contributed by atoms with Crippen molar-refractivity contribution in [1.82, 2.24) is 5.32 Å². The van der Waals surface area contributed by atoms with E-state index in [1.807, 2.05) is 13.8 Å². The Balaban J connectivity index is 4.13. The molecule has 0 fully saturated rings. The summed E-state index contributed by atoms with van der Waals surface area (Å²) in [7, 11) is 0. The van der Waals surface area contributed by atoms with E-state index in [1.165, 1.54) is 0 Å². The van der Waals surface area contributed by atoms with E-state index in [0.29, 0.717) is 13.1 Å². The van der Waals surface area contributed by atoms with E-state index >= 15 is 0 Å². The first-order valence-electron chi connectivity index (χ1n) is 6.42. The Bertz CT molecular complexity index is 227. The molecule has 0 aromatic carbocycles. The Hall–Kier alpha value is -0.610. The minimum absolute atomic E-state index is 0.0223. The van der Waals surface area contributed by atoms with E-state index in [2.05, 4.69) is 19.2 Å². The molecule has 102 valence electrons. The van der Waals surface area contributed by atoms with Crippen molar-refractivity contribution in [3.05, 3.63) is 0 Å². The molecular weight excluding hydrogens is 216 g/mol. The summed E-state index contributed by atoms with van der Waals surface area (Å²) in [6.07, 6.45) is 1.67. The second-order valence-corrected chi connectivity index (χ2v) is 5.80. The third-order valence-corrected chi connectivity index (χ3v) is 3.15. The molecule has 1 unspecified atom stereocenters. The smallest absolute Gasteiger partial charge is 0.224 e. The predicted molar refractivity (Wildman–Crippen MR) is 70.5 cm³/mol. The maximum absolute atomic E-state index is 11.9. The molecule has 17 heavy (non-hydrogen) atoms. The lowest BCUT2D eigenvalue weighted by Gasteiger charge is -2.26. The number of carbonyl (C=O) groups is 1. The van der Waals surface area contributed by atoms with E-state index in [0.717, 1.165) is 12.8 Å². The molecule has 0 spiro atoms. The van der Waals surface area contributed by atoms with Crippen LogP contribution in [-0.4, -0.2) is 30.7 Å². The summed E-state index contributed by atoms with van der Waals surface area (Å²) >= 11 is 0. The minimum Gasteiger partial charge on any atom is -0.396 e. The third-order valence-electron chi connectivity index (χ3n) is 3.15. The number of hydrogen-bond acceptors (Lipinski definition) is 3. The molecule has 0 radical (unpaired) electrons. The van der Waals surface area contributed by atoms with Crippen LogP contribution in [0, 0.1) is 17.3 Å². The van der Waals surface area contributed by atoms with Gasteiger partial charge in [0.15, 0.2) is 0 Å². The molecule has 4 nitrogen and oxygen atoms in total. The van der Waals surface area contributed by atoms with E-state index in [4.69, 9.17) is 10.8 Å². The summed E-state index contributed by atoms with van der Waals surface area (Å²) in [6, 6.07) is 0. The second kappa shape index (κ2) is 7.67. The molecule has 0 heterocycles. The van der Waals surface area contributed by atoms with Gasteiger partial charge in [0, 0.05) is 19.7 Å². The summed E-state index contributed by atoms with van der Waals surface area (Å²) < 4.78 is 0. The highest BCUT2D eigenvalue weighted by Crippen LogP contribution is 2.21. The van der Waals surface area contributed by atoms with Gasteiger partial charge in [-0.1, -0.05) is 27.7 Å². The van der Waals surface area contributed by atoms with Gasteiger partial charge >= 0.3 is 0 Å². The van der Waals surface area contributed by atoms with Gasteiger partial charge in [-0.3, -0.25) is 4.79 Å². The molecule has 0 aromatic heterocycles. The van der Waals surface area contributed by atoms with Crippen LogP contribution in [-0.2, 0) is 4.79 Å². The van der Waals surface area contributed by atoms with Crippen LogP contribution in [0.2, 0.25) is 0 Å². The number of amides is 1. The molecule has 0 rings (SSSR count). The number of nitrogens with two attached hydrogens (primary N) is 1. The molecule has 0 bridgehead atoms. The largest absolute Gasteiger partial charge is 0.396 e. The first kappa shape index (κ1) is 16.4. The van der Waals surface area contributed by atoms with Gasteiger partial charge < -0.3 is 16.2 Å². The summed E-state index contributed by atoms with van der Waals surface area (Å²) in [5, 5.41) is 11.8. The fraction of sp³-hybridized carbons (Fsp3) is 0.923. The molecule has 0 aliphatic rings. The summed E-state index contributed by atoms with van der Waals surface area (Å²) in [5.74, 6) is 0.198. The molecular formula is C13H28N2O2. The van der Waals surface area contributed by atoms with Gasteiger partial charge in [-0.05, 0) is 24.2 Å². The first-order chi connectivity index (χ1) is 7.84. The number of carbonyl (C=O) groups excluding carboxylic acids is 1. The zero-order valence-corrected chi connectivity index (χ0v) is 11.6. The number of nitrogens with one attached hydrogen (secondary N) is 1. The average molecular weight is 244 g/mol. The van der Waals surface area contributed by atoms with E-state index in [9.17, 15) is 4.79 Å². The lowest BCUT2D eigenvalue weighted by molar-refractivity contribution is -0.126. The van der Waals surface area contributed by atoms with Gasteiger partial charge in [-0.25, -0.2) is 0 Å². The molecule has 0 aliphatic carbocycles. The summed E-state index contributed by atoms with van der Waals surface area (Å²) in [6.45, 7) is 9.43. The van der Waals surface area contributed by atoms with Crippen molar-refractivity contribution < 1.29 is 9.90 Å². The molecule has 1 atom stereocenters. The van der Waals surface area contributed by atoms with Gasteiger partial charge in [-0.2, -0.15) is 0 Å². The number of aliphatic hydroxyl groups excluding tert-OH is 1. The van der Waals surface area contributed by atoms with E-state index in [-0.39, 0.29) is 29.8 Å². The fourth-order valence-electron chi connectivity index (χ4n) is 1.79. The highest BCUT2D eigenvalue weighted by Gasteiger charge is 2.23. The summed E-state index contributed by atoms with van der Waals surface area (Å²) in [4.78, 5) is 11.9. The fourth-order valence-corrected chi connectivity index (χ4v) is 1.79. The normalized spacial score (nSPS) is 13.8. The van der Waals surface area contributed by atoms with Crippen LogP contribution < -0.4 is 11.1 Å². The minimum atomic E-state index is -0.108. The first-order valence-corrected chi connectivity index (χ1v) is 6.42. The Morgan fingerprint density at radius 1 is 1.41 bits per heavy atom. The van der Waals surface area contributed by atoms with Crippen LogP contribution in [0.3, 0.4) is 0 Å². The molecule has 4 N–H and O–H groups in total. The molecule has 0 saturated heterocycles. The monoisotopic (exact) mass is 244 g/mol. The number of rotatable bonds is 8. The van der Waals surface area contributed by atoms with Crippen molar-refractivity contribution in [3.63, 3.8) is 0 Å². The van der Waals surface area contributed by atoms with Gasteiger partial charge in [0.2, 0.25) is 5.91 Å². The lowest BCUT2D eigenvalue weighted by atomic mass is 9.87. The Morgan fingerprint density at radius 3 is 2.41 bits per heavy atom. The topological polar surface area (TPSA) is 75.4 Å². The maximum Gasteiger partial charge on any atom is 0.224 e. The van der Waals surface area contributed by atoms with E-state index in [1.54, 1.807) is 0 Å². The Labute approximate surface area is 105 Å². The summed E-state index contributed by atoms with van der Waals surface area (Å²) in [5.41, 5.74) is 5.62. The zero-order chi connectivity index (χ0) is 13.5. The van der Waals surface area contributed by atoms with Crippen LogP contribution >= 0.6 is 0 Å². The molecule has 0 aliphatic heterocycles. The Kier molecular flexibility index (Phi) is 7.39. The van der Waals surface area contributed by atoms with Crippen molar-refractivity contribution in [3.8, 4) is 0 Å². The van der Waals surface area contributed by atoms with Crippen LogP contribution in [0.25, 0.3) is 0 Å². The van der Waals surface area contributed by atoms with Gasteiger partial charge in [-0.15, -0.1) is 0 Å². The third kappa shape index (κ3) is 6.64. The van der Waals surface area contributed by atoms with Crippen LogP contribution in [0.15, 0.2) is 0 Å². The number of aliphatic hydroxyl groups is 1. The average Bonchev–Trinajstić information content (AvgIpc) is 2.24. The van der Waals surface area contributed by atoms with Crippen molar-refractivity contribution in [2.75, 3.05) is 19.7 Å². The van der Waals surface area contributed by atoms with Gasteiger partial charge in [0.05, 0.1) is 5.92 Å². The van der Waals surface area contributed by atoms with Crippen molar-refractivity contribution in [2.45, 2.75) is 40.5 Å². The second-order valence-electron chi connectivity index (χ2n) is 5.80. The quantitative estimate of drug-likeness (QED) is 0.599. The van der Waals surface area contributed by atoms with Gasteiger partial charge in [0.25, 0.3) is 0 Å². The van der Waals surface area contributed by atoms with E-state index < -0.39 is 0 Å². The Morgan fingerprint density at radius 2 is 2.00 bits per heavy atom. The van der Waals surface area contributed by atoms with Gasteiger partial charge in [0.1, 0.15) is 0 Å². The maximum atomic E-state index is 11.9. The van der Waals surface area contributed by atoms with Crippen LogP contribution in [0.5, 0.6) is 0 Å². The highest BCUT2D eigenvalue weighted by atomic mass is 16.2. The molecule has 0 saturated carbocycles. The van der Waals surface area contributed by atoms with Crippen molar-refractivity contribution in [1.29, 1.82) is 0 Å². The highest BCUT2D eigenvalue weighted by molar-refractivity contribution is 5.79. The SMILES string of the molecule is CC(C)C(CN)C(=O)NCC(C)(C)CCCO. The molecule has 4 heteroatoms. The standard InChI is InChI=1S/C13H28N2O2/c1-10(2)11(8-14)12(17)15-9-13(3,4)6-5-7-16/h10-11,16H,5-9,14H2,1-4H3,(H,15,17).